The molecule has 0 saturated heterocycles. The number of rotatable bonds is 5. The zero-order chi connectivity index (χ0) is 13.0. The van der Waals surface area contributed by atoms with E-state index in [1.165, 1.54) is 49.6 Å². The lowest BCUT2D eigenvalue weighted by atomic mass is 10.1. The summed E-state index contributed by atoms with van der Waals surface area (Å²) < 4.78 is 27.6. The zero-order valence-electron chi connectivity index (χ0n) is 10.6. The molecular weight excluding hydrogens is 252 g/mol. The lowest BCUT2D eigenvalue weighted by Gasteiger charge is -2.11. The maximum absolute atomic E-state index is 13.8. The average Bonchev–Trinajstić information content (AvgIpc) is 2.81. The number of hydrogen-bond donors (Lipinski definition) is 1. The molecular formula is C14H19F2NS. The van der Waals surface area contributed by atoms with Crippen molar-refractivity contribution < 1.29 is 8.78 Å². The molecule has 2 rings (SSSR count). The smallest absolute Gasteiger partial charge is 0.140 e. The van der Waals surface area contributed by atoms with Crippen LogP contribution in [0.3, 0.4) is 0 Å². The Balaban J connectivity index is 2.02. The molecule has 0 heterocycles. The van der Waals surface area contributed by atoms with Crippen molar-refractivity contribution in [2.45, 2.75) is 37.1 Å². The third kappa shape index (κ3) is 3.45. The minimum Gasteiger partial charge on any atom is -0.316 e. The highest BCUT2D eigenvalue weighted by molar-refractivity contribution is 7.99. The molecule has 0 aliphatic heterocycles. The first-order valence-corrected chi connectivity index (χ1v) is 7.44. The van der Waals surface area contributed by atoms with Crippen LogP contribution in [0.4, 0.5) is 8.78 Å². The lowest BCUT2D eigenvalue weighted by molar-refractivity contribution is 0.534. The van der Waals surface area contributed by atoms with Crippen molar-refractivity contribution >= 4 is 11.8 Å². The van der Waals surface area contributed by atoms with Gasteiger partial charge >= 0.3 is 0 Å². The number of benzene rings is 1. The van der Waals surface area contributed by atoms with Crippen LogP contribution in [0.15, 0.2) is 17.0 Å². The Bertz CT molecular complexity index is 380. The zero-order valence-corrected chi connectivity index (χ0v) is 11.5. The first-order valence-electron chi connectivity index (χ1n) is 6.46. The molecule has 100 valence electrons. The van der Waals surface area contributed by atoms with Crippen molar-refractivity contribution in [1.29, 1.82) is 0 Å². The summed E-state index contributed by atoms with van der Waals surface area (Å²) >= 11 is 1.33. The normalized spacial score (nSPS) is 16.4. The van der Waals surface area contributed by atoms with Crippen LogP contribution in [0.5, 0.6) is 0 Å². The molecule has 1 saturated carbocycles. The highest BCUT2D eigenvalue weighted by Gasteiger charge is 2.18. The summed E-state index contributed by atoms with van der Waals surface area (Å²) in [5.41, 5.74) is 0.651. The van der Waals surface area contributed by atoms with Gasteiger partial charge in [0, 0.05) is 12.3 Å². The Hall–Kier alpha value is -0.610. The molecule has 0 spiro atoms. The van der Waals surface area contributed by atoms with E-state index in [2.05, 4.69) is 5.32 Å². The maximum Gasteiger partial charge on any atom is 0.140 e. The second-order valence-electron chi connectivity index (χ2n) is 4.88. The topological polar surface area (TPSA) is 12.0 Å². The molecule has 0 atom stereocenters. The fourth-order valence-electron chi connectivity index (χ4n) is 2.43. The molecule has 1 N–H and O–H groups in total. The van der Waals surface area contributed by atoms with Crippen LogP contribution < -0.4 is 5.32 Å². The molecule has 0 bridgehead atoms. The minimum absolute atomic E-state index is 0.182. The number of thioether (sulfide) groups is 1. The minimum atomic E-state index is -0.428. The Labute approximate surface area is 111 Å². The van der Waals surface area contributed by atoms with Crippen LogP contribution in [0.1, 0.15) is 31.2 Å². The van der Waals surface area contributed by atoms with Crippen LogP contribution in [0.2, 0.25) is 0 Å². The molecule has 18 heavy (non-hydrogen) atoms. The number of hydrogen-bond acceptors (Lipinski definition) is 2. The molecule has 4 heteroatoms. The molecule has 1 nitrogen and oxygen atoms in total. The van der Waals surface area contributed by atoms with Gasteiger partial charge in [0.25, 0.3) is 0 Å². The van der Waals surface area contributed by atoms with Gasteiger partial charge in [-0.3, -0.25) is 0 Å². The van der Waals surface area contributed by atoms with Crippen molar-refractivity contribution in [3.63, 3.8) is 0 Å². The standard InChI is InChI=1S/C14H19F2NS/c1-17-8-11-6-12(15)14(13(16)7-11)18-9-10-4-2-3-5-10/h6-7,10,17H,2-5,8-9H2,1H3. The van der Waals surface area contributed by atoms with Gasteiger partial charge < -0.3 is 5.32 Å². The van der Waals surface area contributed by atoms with E-state index in [1.54, 1.807) is 7.05 Å². The Morgan fingerprint density at radius 1 is 1.22 bits per heavy atom. The van der Waals surface area contributed by atoms with Gasteiger partial charge in [-0.15, -0.1) is 11.8 Å². The summed E-state index contributed by atoms with van der Waals surface area (Å²) in [6, 6.07) is 2.85. The number of halogens is 2. The van der Waals surface area contributed by atoms with Gasteiger partial charge in [0.2, 0.25) is 0 Å². The Morgan fingerprint density at radius 3 is 2.39 bits per heavy atom. The van der Waals surface area contributed by atoms with Crippen molar-refractivity contribution in [2.24, 2.45) is 5.92 Å². The van der Waals surface area contributed by atoms with E-state index in [0.29, 0.717) is 18.0 Å². The molecule has 0 aromatic heterocycles. The summed E-state index contributed by atoms with van der Waals surface area (Å²) in [7, 11) is 1.76. The largest absolute Gasteiger partial charge is 0.316 e. The van der Waals surface area contributed by atoms with E-state index >= 15 is 0 Å². The summed E-state index contributed by atoms with van der Waals surface area (Å²) in [5, 5.41) is 2.89. The van der Waals surface area contributed by atoms with Gasteiger partial charge in [-0.05, 0) is 43.5 Å². The van der Waals surface area contributed by atoms with Gasteiger partial charge in [0.05, 0.1) is 4.90 Å². The first kappa shape index (κ1) is 13.8. The van der Waals surface area contributed by atoms with Crippen LogP contribution in [-0.2, 0) is 6.54 Å². The predicted molar refractivity (Wildman–Crippen MR) is 71.8 cm³/mol. The summed E-state index contributed by atoms with van der Waals surface area (Å²) in [4.78, 5) is 0.182. The molecule has 1 fully saturated rings. The van der Waals surface area contributed by atoms with E-state index in [1.807, 2.05) is 0 Å². The molecule has 0 amide bonds. The van der Waals surface area contributed by atoms with Crippen LogP contribution >= 0.6 is 11.8 Å². The van der Waals surface area contributed by atoms with E-state index in [0.717, 1.165) is 5.75 Å². The molecule has 1 aromatic carbocycles. The fraction of sp³-hybridized carbons (Fsp3) is 0.571. The molecule has 0 radical (unpaired) electrons. The van der Waals surface area contributed by atoms with E-state index in [9.17, 15) is 8.78 Å². The SMILES string of the molecule is CNCc1cc(F)c(SCC2CCCC2)c(F)c1. The Kier molecular flexibility index (Phi) is 5.01. The monoisotopic (exact) mass is 271 g/mol. The van der Waals surface area contributed by atoms with Crippen LogP contribution in [0, 0.1) is 17.6 Å². The van der Waals surface area contributed by atoms with E-state index in [4.69, 9.17) is 0 Å². The lowest BCUT2D eigenvalue weighted by Crippen LogP contribution is -2.06. The Morgan fingerprint density at radius 2 is 1.83 bits per heavy atom. The van der Waals surface area contributed by atoms with Crippen LogP contribution in [0.25, 0.3) is 0 Å². The van der Waals surface area contributed by atoms with Gasteiger partial charge in [-0.1, -0.05) is 12.8 Å². The quantitative estimate of drug-likeness (QED) is 0.813. The molecule has 1 aromatic rings. The molecule has 1 aliphatic carbocycles. The number of nitrogens with one attached hydrogen (secondary N) is 1. The van der Waals surface area contributed by atoms with Gasteiger partial charge in [-0.25, -0.2) is 8.78 Å². The van der Waals surface area contributed by atoms with Crippen molar-refractivity contribution in [3.05, 3.63) is 29.3 Å². The molecule has 0 unspecified atom stereocenters. The van der Waals surface area contributed by atoms with Gasteiger partial charge in [-0.2, -0.15) is 0 Å². The van der Waals surface area contributed by atoms with Crippen molar-refractivity contribution in [3.8, 4) is 0 Å². The maximum atomic E-state index is 13.8. The molecule has 1 aliphatic rings. The van der Waals surface area contributed by atoms with Crippen molar-refractivity contribution in [2.75, 3.05) is 12.8 Å². The second kappa shape index (κ2) is 6.53. The van der Waals surface area contributed by atoms with E-state index in [-0.39, 0.29) is 4.90 Å². The fourth-order valence-corrected chi connectivity index (χ4v) is 3.56. The highest BCUT2D eigenvalue weighted by atomic mass is 32.2. The van der Waals surface area contributed by atoms with Gasteiger partial charge in [0.15, 0.2) is 0 Å². The predicted octanol–water partition coefficient (Wildman–Crippen LogP) is 3.97. The van der Waals surface area contributed by atoms with Crippen molar-refractivity contribution in [1.82, 2.24) is 5.32 Å². The highest BCUT2D eigenvalue weighted by Crippen LogP contribution is 2.33. The van der Waals surface area contributed by atoms with E-state index < -0.39 is 11.6 Å². The summed E-state index contributed by atoms with van der Waals surface area (Å²) in [6.45, 7) is 0.488. The summed E-state index contributed by atoms with van der Waals surface area (Å²) in [6.07, 6.45) is 4.93. The average molecular weight is 271 g/mol. The third-order valence-electron chi connectivity index (χ3n) is 3.38. The van der Waals surface area contributed by atoms with Gasteiger partial charge in [0.1, 0.15) is 11.6 Å². The van der Waals surface area contributed by atoms with Crippen LogP contribution in [-0.4, -0.2) is 12.8 Å². The summed E-state index contributed by atoms with van der Waals surface area (Å²) in [5.74, 6) is 0.608. The first-order chi connectivity index (χ1) is 8.70. The third-order valence-corrected chi connectivity index (χ3v) is 4.69. The second-order valence-corrected chi connectivity index (χ2v) is 5.91.